The largest absolute Gasteiger partial charge is 0.316 e. The molecule has 0 atom stereocenters. The molecule has 0 bridgehead atoms. The molecule has 26 heavy (non-hydrogen) atoms. The number of rotatable bonds is 6. The van der Waals surface area contributed by atoms with Gasteiger partial charge >= 0.3 is 0 Å². The molecule has 1 aliphatic rings. The number of nitrogens with zero attached hydrogens (tertiary/aromatic N) is 3. The molecule has 2 aromatic rings. The number of amides is 1. The summed E-state index contributed by atoms with van der Waals surface area (Å²) in [4.78, 5) is 16.3. The van der Waals surface area contributed by atoms with Crippen LogP contribution >= 0.6 is 23.1 Å². The van der Waals surface area contributed by atoms with E-state index in [1.807, 2.05) is 6.07 Å². The standard InChI is InChI=1S/C16H16N4O3S3/c17-9-12-5-8-24-16(12)19-14(21)11-25-15-4-3-13(10-18-15)26(22,23)20-6-1-2-7-20/h3-5,8,10H,1-2,6-7,11H2,(H,19,21). The highest BCUT2D eigenvalue weighted by atomic mass is 32.2. The van der Waals surface area contributed by atoms with E-state index in [0.717, 1.165) is 12.8 Å². The van der Waals surface area contributed by atoms with E-state index < -0.39 is 10.0 Å². The normalized spacial score (nSPS) is 14.9. The van der Waals surface area contributed by atoms with Gasteiger partial charge in [0.05, 0.1) is 16.3 Å². The number of hydrogen-bond acceptors (Lipinski definition) is 7. The Labute approximate surface area is 160 Å². The molecule has 7 nitrogen and oxygen atoms in total. The van der Waals surface area contributed by atoms with E-state index in [4.69, 9.17) is 5.26 Å². The van der Waals surface area contributed by atoms with Crippen molar-refractivity contribution in [3.63, 3.8) is 0 Å². The van der Waals surface area contributed by atoms with Crippen LogP contribution in [0.15, 0.2) is 39.7 Å². The van der Waals surface area contributed by atoms with Crippen LogP contribution in [0.25, 0.3) is 0 Å². The smallest absolute Gasteiger partial charge is 0.244 e. The second-order valence-electron chi connectivity index (χ2n) is 5.56. The number of aromatic nitrogens is 1. The Hall–Kier alpha value is -1.93. The van der Waals surface area contributed by atoms with Crippen molar-refractivity contribution in [3.8, 4) is 6.07 Å². The fraction of sp³-hybridized carbons (Fsp3) is 0.312. The molecule has 1 N–H and O–H groups in total. The lowest BCUT2D eigenvalue weighted by Crippen LogP contribution is -2.27. The maximum atomic E-state index is 12.4. The van der Waals surface area contributed by atoms with Crippen LogP contribution in [0.4, 0.5) is 5.00 Å². The van der Waals surface area contributed by atoms with Crippen LogP contribution in [-0.2, 0) is 14.8 Å². The summed E-state index contributed by atoms with van der Waals surface area (Å²) in [7, 11) is -3.48. The summed E-state index contributed by atoms with van der Waals surface area (Å²) in [5.74, 6) is -0.127. The van der Waals surface area contributed by atoms with Crippen molar-refractivity contribution in [3.05, 3.63) is 35.3 Å². The predicted octanol–water partition coefficient (Wildman–Crippen LogP) is 2.53. The van der Waals surface area contributed by atoms with E-state index in [0.29, 0.717) is 28.7 Å². The van der Waals surface area contributed by atoms with E-state index in [-0.39, 0.29) is 16.6 Å². The minimum absolute atomic E-state index is 0.119. The number of nitrogens with one attached hydrogen (secondary N) is 1. The number of nitriles is 1. The third kappa shape index (κ3) is 4.24. The first-order valence-corrected chi connectivity index (χ1v) is 11.2. The molecule has 3 rings (SSSR count). The SMILES string of the molecule is N#Cc1ccsc1NC(=O)CSc1ccc(S(=O)(=O)N2CCCC2)cn1. The van der Waals surface area contributed by atoms with Crippen LogP contribution in [-0.4, -0.2) is 42.5 Å². The molecule has 1 aliphatic heterocycles. The number of thioether (sulfide) groups is 1. The maximum absolute atomic E-state index is 12.4. The second kappa shape index (κ2) is 8.18. The van der Waals surface area contributed by atoms with Gasteiger partial charge in [-0.2, -0.15) is 9.57 Å². The quantitative estimate of drug-likeness (QED) is 0.737. The Balaban J connectivity index is 1.58. The van der Waals surface area contributed by atoms with Crippen LogP contribution in [0, 0.1) is 11.3 Å². The maximum Gasteiger partial charge on any atom is 0.244 e. The molecule has 0 radical (unpaired) electrons. The number of pyridine rings is 1. The molecule has 3 heterocycles. The van der Waals surface area contributed by atoms with Gasteiger partial charge in [0.15, 0.2) is 0 Å². The van der Waals surface area contributed by atoms with Gasteiger partial charge in [-0.3, -0.25) is 4.79 Å². The second-order valence-corrected chi connectivity index (χ2v) is 9.41. The summed E-state index contributed by atoms with van der Waals surface area (Å²) in [6.07, 6.45) is 3.10. The van der Waals surface area contributed by atoms with Crippen LogP contribution in [0.3, 0.4) is 0 Å². The molecule has 0 unspecified atom stereocenters. The highest BCUT2D eigenvalue weighted by Crippen LogP contribution is 2.24. The molecule has 1 saturated heterocycles. The average molecular weight is 409 g/mol. The number of hydrogen-bond donors (Lipinski definition) is 1. The van der Waals surface area contributed by atoms with E-state index in [2.05, 4.69) is 10.3 Å². The van der Waals surface area contributed by atoms with Crippen LogP contribution < -0.4 is 5.32 Å². The van der Waals surface area contributed by atoms with Crippen molar-refractivity contribution in [1.82, 2.24) is 9.29 Å². The molecular weight excluding hydrogens is 392 g/mol. The van der Waals surface area contributed by atoms with Gasteiger partial charge in [-0.05, 0) is 36.4 Å². The molecule has 2 aromatic heterocycles. The lowest BCUT2D eigenvalue weighted by Gasteiger charge is -2.15. The summed E-state index contributed by atoms with van der Waals surface area (Å²) < 4.78 is 26.3. The van der Waals surface area contributed by atoms with Crippen LogP contribution in [0.5, 0.6) is 0 Å². The predicted molar refractivity (Wildman–Crippen MR) is 101 cm³/mol. The highest BCUT2D eigenvalue weighted by Gasteiger charge is 2.27. The van der Waals surface area contributed by atoms with Gasteiger partial charge < -0.3 is 5.32 Å². The number of carbonyl (C=O) groups excluding carboxylic acids is 1. The fourth-order valence-electron chi connectivity index (χ4n) is 2.48. The summed E-state index contributed by atoms with van der Waals surface area (Å²) in [5, 5.41) is 14.5. The average Bonchev–Trinajstić information content (AvgIpc) is 3.32. The Morgan fingerprint density at radius 1 is 1.35 bits per heavy atom. The Bertz CT molecular complexity index is 926. The number of carbonyl (C=O) groups is 1. The first-order chi connectivity index (χ1) is 12.5. The molecule has 0 aromatic carbocycles. The highest BCUT2D eigenvalue weighted by molar-refractivity contribution is 7.99. The lowest BCUT2D eigenvalue weighted by molar-refractivity contribution is -0.113. The Morgan fingerprint density at radius 3 is 2.77 bits per heavy atom. The third-order valence-electron chi connectivity index (χ3n) is 3.80. The van der Waals surface area contributed by atoms with Crippen molar-refractivity contribution >= 4 is 44.0 Å². The van der Waals surface area contributed by atoms with Gasteiger partial charge in [0.1, 0.15) is 16.0 Å². The molecule has 136 valence electrons. The van der Waals surface area contributed by atoms with Crippen LogP contribution in [0.1, 0.15) is 18.4 Å². The molecule has 1 amide bonds. The van der Waals surface area contributed by atoms with Gasteiger partial charge in [-0.1, -0.05) is 11.8 Å². The monoisotopic (exact) mass is 408 g/mol. The third-order valence-corrected chi connectivity index (χ3v) is 7.46. The molecule has 0 spiro atoms. The first kappa shape index (κ1) is 18.8. The van der Waals surface area contributed by atoms with Crippen molar-refractivity contribution in [2.75, 3.05) is 24.2 Å². The molecule has 10 heteroatoms. The van der Waals surface area contributed by atoms with E-state index in [1.165, 1.54) is 39.7 Å². The van der Waals surface area contributed by atoms with Gasteiger partial charge in [0, 0.05) is 19.3 Å². The minimum Gasteiger partial charge on any atom is -0.316 e. The minimum atomic E-state index is -3.48. The summed E-state index contributed by atoms with van der Waals surface area (Å²) in [6.45, 7) is 1.10. The van der Waals surface area contributed by atoms with Gasteiger partial charge in [0.2, 0.25) is 15.9 Å². The summed E-state index contributed by atoms with van der Waals surface area (Å²) in [6, 6.07) is 6.79. The van der Waals surface area contributed by atoms with Crippen molar-refractivity contribution in [2.24, 2.45) is 0 Å². The van der Waals surface area contributed by atoms with Crippen molar-refractivity contribution in [2.45, 2.75) is 22.8 Å². The van der Waals surface area contributed by atoms with Crippen molar-refractivity contribution < 1.29 is 13.2 Å². The van der Waals surface area contributed by atoms with E-state index in [1.54, 1.807) is 17.5 Å². The molecule has 0 saturated carbocycles. The van der Waals surface area contributed by atoms with E-state index in [9.17, 15) is 13.2 Å². The molecule has 1 fully saturated rings. The lowest BCUT2D eigenvalue weighted by atomic mass is 10.3. The first-order valence-electron chi connectivity index (χ1n) is 7.87. The Kier molecular flexibility index (Phi) is 5.93. The number of anilines is 1. The topological polar surface area (TPSA) is 103 Å². The zero-order chi connectivity index (χ0) is 18.6. The zero-order valence-corrected chi connectivity index (χ0v) is 16.2. The number of sulfonamides is 1. The van der Waals surface area contributed by atoms with Crippen LogP contribution in [0.2, 0.25) is 0 Å². The summed E-state index contributed by atoms with van der Waals surface area (Å²) in [5.41, 5.74) is 0.433. The molecular formula is C16H16N4O3S3. The van der Waals surface area contributed by atoms with Crippen molar-refractivity contribution in [1.29, 1.82) is 5.26 Å². The Morgan fingerprint density at radius 2 is 2.12 bits per heavy atom. The van der Waals surface area contributed by atoms with Gasteiger partial charge in [-0.15, -0.1) is 11.3 Å². The zero-order valence-electron chi connectivity index (χ0n) is 13.7. The fourth-order valence-corrected chi connectivity index (χ4v) is 5.34. The number of thiophene rings is 1. The van der Waals surface area contributed by atoms with Gasteiger partial charge in [0.25, 0.3) is 0 Å². The van der Waals surface area contributed by atoms with Gasteiger partial charge in [-0.25, -0.2) is 13.4 Å². The van der Waals surface area contributed by atoms with E-state index >= 15 is 0 Å². The summed E-state index contributed by atoms with van der Waals surface area (Å²) >= 11 is 2.50. The molecule has 0 aliphatic carbocycles.